The van der Waals surface area contributed by atoms with Crippen molar-refractivity contribution >= 4 is 26.9 Å². The van der Waals surface area contributed by atoms with Crippen LogP contribution in [-0.4, -0.2) is 28.1 Å². The summed E-state index contributed by atoms with van der Waals surface area (Å²) in [5.41, 5.74) is 0.192. The molecule has 0 radical (unpaired) electrons. The van der Waals surface area contributed by atoms with Crippen LogP contribution >= 0.6 is 0 Å². The van der Waals surface area contributed by atoms with Crippen LogP contribution in [0.4, 0.5) is 0 Å². The molecule has 0 amide bonds. The fraction of sp³-hybridized carbons (Fsp3) is 0.154. The van der Waals surface area contributed by atoms with Gasteiger partial charge in [0.2, 0.25) is 0 Å². The van der Waals surface area contributed by atoms with Gasteiger partial charge in [0.15, 0.2) is 16.1 Å². The first kappa shape index (κ1) is 12.6. The zero-order valence-electron chi connectivity index (χ0n) is 10.0. The van der Waals surface area contributed by atoms with Crippen molar-refractivity contribution in [1.82, 2.24) is 0 Å². The fourth-order valence-corrected chi connectivity index (χ4v) is 2.76. The summed E-state index contributed by atoms with van der Waals surface area (Å²) in [6, 6.07) is 8.25. The van der Waals surface area contributed by atoms with Crippen LogP contribution < -0.4 is 4.74 Å². The molecule has 0 heterocycles. The van der Waals surface area contributed by atoms with E-state index in [2.05, 4.69) is 0 Å². The zero-order valence-corrected chi connectivity index (χ0v) is 10.8. The third-order valence-electron chi connectivity index (χ3n) is 2.75. The fourth-order valence-electron chi connectivity index (χ4n) is 1.88. The Balaban J connectivity index is 2.85. The average molecular weight is 264 g/mol. The molecular formula is C13H12O4S. The minimum absolute atomic E-state index is 0.0511. The van der Waals surface area contributed by atoms with E-state index in [1.165, 1.54) is 6.07 Å². The van der Waals surface area contributed by atoms with Crippen LogP contribution in [0.5, 0.6) is 5.75 Å². The van der Waals surface area contributed by atoms with Crippen LogP contribution in [0.25, 0.3) is 10.8 Å². The Morgan fingerprint density at radius 2 is 1.89 bits per heavy atom. The lowest BCUT2D eigenvalue weighted by molar-refractivity contribution is 0.112. The maximum absolute atomic E-state index is 11.6. The molecule has 4 nitrogen and oxygen atoms in total. The molecule has 2 aromatic carbocycles. The Hall–Kier alpha value is -1.88. The highest BCUT2D eigenvalue weighted by molar-refractivity contribution is 7.90. The van der Waals surface area contributed by atoms with Gasteiger partial charge in [-0.05, 0) is 35.0 Å². The molecule has 0 aliphatic carbocycles. The molecular weight excluding hydrogens is 252 g/mol. The number of methoxy groups -OCH3 is 1. The highest BCUT2D eigenvalue weighted by Crippen LogP contribution is 2.27. The third kappa shape index (κ3) is 2.09. The summed E-state index contributed by atoms with van der Waals surface area (Å²) >= 11 is 0. The Labute approximate surface area is 105 Å². The monoisotopic (exact) mass is 264 g/mol. The van der Waals surface area contributed by atoms with E-state index in [0.717, 1.165) is 11.6 Å². The molecule has 5 heteroatoms. The number of carbonyl (C=O) groups excluding carboxylic acids is 1. The number of benzene rings is 2. The number of carbonyl (C=O) groups is 1. The molecule has 0 aromatic heterocycles. The highest BCUT2D eigenvalue weighted by atomic mass is 32.2. The number of hydrogen-bond acceptors (Lipinski definition) is 4. The van der Waals surface area contributed by atoms with Crippen LogP contribution in [0.1, 0.15) is 10.4 Å². The second-order valence-electron chi connectivity index (χ2n) is 3.95. The van der Waals surface area contributed by atoms with Gasteiger partial charge < -0.3 is 4.74 Å². The summed E-state index contributed by atoms with van der Waals surface area (Å²) in [6.45, 7) is 0. The summed E-state index contributed by atoms with van der Waals surface area (Å²) in [5, 5.41) is 1.37. The van der Waals surface area contributed by atoms with Crippen molar-refractivity contribution in [1.29, 1.82) is 0 Å². The Kier molecular flexibility index (Phi) is 3.09. The Bertz CT molecular complexity index is 717. The lowest BCUT2D eigenvalue weighted by Crippen LogP contribution is -2.02. The lowest BCUT2D eigenvalue weighted by Gasteiger charge is -2.08. The summed E-state index contributed by atoms with van der Waals surface area (Å²) in [7, 11) is -1.87. The molecule has 0 N–H and O–H groups in total. The van der Waals surface area contributed by atoms with Gasteiger partial charge in [-0.2, -0.15) is 0 Å². The van der Waals surface area contributed by atoms with Gasteiger partial charge in [-0.1, -0.05) is 6.07 Å². The van der Waals surface area contributed by atoms with E-state index in [1.807, 2.05) is 0 Å². The Morgan fingerprint density at radius 3 is 2.44 bits per heavy atom. The smallest absolute Gasteiger partial charge is 0.176 e. The second kappa shape index (κ2) is 4.42. The molecule has 0 atom stereocenters. The minimum atomic E-state index is -3.42. The molecule has 0 bridgehead atoms. The van der Waals surface area contributed by atoms with Crippen LogP contribution in [0, 0.1) is 0 Å². The number of rotatable bonds is 3. The molecule has 2 aromatic rings. The van der Waals surface area contributed by atoms with Crippen molar-refractivity contribution in [2.75, 3.05) is 13.4 Å². The molecule has 18 heavy (non-hydrogen) atoms. The van der Waals surface area contributed by atoms with Gasteiger partial charge in [0.25, 0.3) is 0 Å². The largest absolute Gasteiger partial charge is 0.497 e. The molecule has 2 rings (SSSR count). The first-order valence-corrected chi connectivity index (χ1v) is 7.12. The first-order valence-electron chi connectivity index (χ1n) is 5.23. The molecule has 94 valence electrons. The molecule has 0 aliphatic heterocycles. The van der Waals surface area contributed by atoms with E-state index in [-0.39, 0.29) is 10.5 Å². The molecule has 0 spiro atoms. The number of sulfone groups is 1. The highest BCUT2D eigenvalue weighted by Gasteiger charge is 2.15. The van der Waals surface area contributed by atoms with E-state index in [1.54, 1.807) is 31.4 Å². The first-order chi connectivity index (χ1) is 8.47. The van der Waals surface area contributed by atoms with Crippen molar-refractivity contribution in [3.05, 3.63) is 35.9 Å². The average Bonchev–Trinajstić information content (AvgIpc) is 2.35. The minimum Gasteiger partial charge on any atom is -0.497 e. The molecule has 0 aliphatic rings. The van der Waals surface area contributed by atoms with Crippen LogP contribution in [0.15, 0.2) is 35.2 Å². The predicted molar refractivity (Wildman–Crippen MR) is 69.0 cm³/mol. The number of hydrogen-bond donors (Lipinski definition) is 0. The molecule has 0 saturated carbocycles. The second-order valence-corrected chi connectivity index (χ2v) is 5.94. The van der Waals surface area contributed by atoms with Gasteiger partial charge in [-0.3, -0.25) is 4.79 Å². The summed E-state index contributed by atoms with van der Waals surface area (Å²) in [6.07, 6.45) is 1.66. The van der Waals surface area contributed by atoms with Gasteiger partial charge in [0.05, 0.1) is 12.0 Å². The molecule has 0 fully saturated rings. The van der Waals surface area contributed by atoms with Crippen molar-refractivity contribution in [3.8, 4) is 5.75 Å². The van der Waals surface area contributed by atoms with Crippen LogP contribution in [0.2, 0.25) is 0 Å². The van der Waals surface area contributed by atoms with Gasteiger partial charge in [0, 0.05) is 11.8 Å². The van der Waals surface area contributed by atoms with Crippen molar-refractivity contribution < 1.29 is 17.9 Å². The number of fused-ring (bicyclic) bond motifs is 1. The number of ether oxygens (including phenoxy) is 1. The van der Waals surface area contributed by atoms with E-state index >= 15 is 0 Å². The van der Waals surface area contributed by atoms with Crippen molar-refractivity contribution in [2.24, 2.45) is 0 Å². The summed E-state index contributed by atoms with van der Waals surface area (Å²) < 4.78 is 28.3. The van der Waals surface area contributed by atoms with Gasteiger partial charge >= 0.3 is 0 Å². The maximum Gasteiger partial charge on any atom is 0.176 e. The third-order valence-corrected chi connectivity index (χ3v) is 3.90. The Morgan fingerprint density at radius 1 is 1.17 bits per heavy atom. The van der Waals surface area contributed by atoms with Crippen molar-refractivity contribution in [3.63, 3.8) is 0 Å². The number of aldehydes is 1. The summed E-state index contributed by atoms with van der Waals surface area (Å²) in [5.74, 6) is 0.659. The van der Waals surface area contributed by atoms with Gasteiger partial charge in [-0.15, -0.1) is 0 Å². The van der Waals surface area contributed by atoms with Crippen LogP contribution in [-0.2, 0) is 9.84 Å². The van der Waals surface area contributed by atoms with E-state index in [4.69, 9.17) is 4.74 Å². The summed E-state index contributed by atoms with van der Waals surface area (Å²) in [4.78, 5) is 11.2. The van der Waals surface area contributed by atoms with Crippen molar-refractivity contribution in [2.45, 2.75) is 4.90 Å². The molecule has 0 saturated heterocycles. The van der Waals surface area contributed by atoms with E-state index in [0.29, 0.717) is 17.4 Å². The zero-order chi connectivity index (χ0) is 13.3. The lowest BCUT2D eigenvalue weighted by atomic mass is 10.1. The topological polar surface area (TPSA) is 60.4 Å². The van der Waals surface area contributed by atoms with E-state index in [9.17, 15) is 13.2 Å². The van der Waals surface area contributed by atoms with Gasteiger partial charge in [0.1, 0.15) is 5.75 Å². The quantitative estimate of drug-likeness (QED) is 0.796. The SMILES string of the molecule is COc1ccc2c(C=O)c(S(C)(=O)=O)ccc2c1. The normalized spacial score (nSPS) is 11.4. The maximum atomic E-state index is 11.6. The molecule has 0 unspecified atom stereocenters. The van der Waals surface area contributed by atoms with Gasteiger partial charge in [-0.25, -0.2) is 8.42 Å². The van der Waals surface area contributed by atoms with Crippen LogP contribution in [0.3, 0.4) is 0 Å². The predicted octanol–water partition coefficient (Wildman–Crippen LogP) is 2.06. The standard InChI is InChI=1S/C13H12O4S/c1-17-10-4-5-11-9(7-10)3-6-13(12(11)8-14)18(2,15)16/h3-8H,1-2H3. The van der Waals surface area contributed by atoms with E-state index < -0.39 is 9.84 Å².